The second kappa shape index (κ2) is 6.69. The van der Waals surface area contributed by atoms with Gasteiger partial charge in [0.2, 0.25) is 0 Å². The lowest BCUT2D eigenvalue weighted by Crippen LogP contribution is -2.07. The molecule has 1 aromatic carbocycles. The normalized spacial score (nSPS) is 11.6. The molecule has 21 heavy (non-hydrogen) atoms. The highest BCUT2D eigenvalue weighted by Gasteiger charge is 2.15. The molecule has 0 aliphatic carbocycles. The summed E-state index contributed by atoms with van der Waals surface area (Å²) in [6, 6.07) is 4.86. The second-order valence-electron chi connectivity index (χ2n) is 4.25. The SMILES string of the molecule is COC(=O)c1ccc(OC(C)c2cnccn2)c(OC)c1. The zero-order valence-corrected chi connectivity index (χ0v) is 12.1. The van der Waals surface area contributed by atoms with E-state index in [1.54, 1.807) is 36.8 Å². The Morgan fingerprint density at radius 1 is 1.19 bits per heavy atom. The number of ether oxygens (including phenoxy) is 3. The third kappa shape index (κ3) is 3.47. The van der Waals surface area contributed by atoms with Gasteiger partial charge in [-0.2, -0.15) is 0 Å². The number of methoxy groups -OCH3 is 2. The van der Waals surface area contributed by atoms with Crippen LogP contribution in [-0.2, 0) is 4.74 Å². The van der Waals surface area contributed by atoms with Gasteiger partial charge < -0.3 is 14.2 Å². The first-order valence-electron chi connectivity index (χ1n) is 6.34. The number of aromatic nitrogens is 2. The number of rotatable bonds is 5. The van der Waals surface area contributed by atoms with Crippen LogP contribution in [0.15, 0.2) is 36.8 Å². The van der Waals surface area contributed by atoms with E-state index in [-0.39, 0.29) is 6.10 Å². The van der Waals surface area contributed by atoms with E-state index >= 15 is 0 Å². The van der Waals surface area contributed by atoms with Crippen molar-refractivity contribution in [3.05, 3.63) is 48.0 Å². The fourth-order valence-electron chi connectivity index (χ4n) is 1.78. The predicted octanol–water partition coefficient (Wildman–Crippen LogP) is 2.41. The molecule has 0 amide bonds. The van der Waals surface area contributed by atoms with Crippen molar-refractivity contribution in [3.63, 3.8) is 0 Å². The van der Waals surface area contributed by atoms with Crippen molar-refractivity contribution in [2.45, 2.75) is 13.0 Å². The minimum atomic E-state index is -0.429. The molecule has 1 heterocycles. The monoisotopic (exact) mass is 288 g/mol. The van der Waals surface area contributed by atoms with Gasteiger partial charge in [-0.1, -0.05) is 0 Å². The van der Waals surface area contributed by atoms with Crippen molar-refractivity contribution in [1.82, 2.24) is 9.97 Å². The van der Waals surface area contributed by atoms with Crippen molar-refractivity contribution >= 4 is 5.97 Å². The summed E-state index contributed by atoms with van der Waals surface area (Å²) in [4.78, 5) is 19.7. The molecule has 2 aromatic rings. The highest BCUT2D eigenvalue weighted by Crippen LogP contribution is 2.31. The molecule has 1 atom stereocenters. The van der Waals surface area contributed by atoms with E-state index in [4.69, 9.17) is 9.47 Å². The number of esters is 1. The van der Waals surface area contributed by atoms with E-state index in [1.807, 2.05) is 6.92 Å². The molecule has 1 unspecified atom stereocenters. The predicted molar refractivity (Wildman–Crippen MR) is 75.4 cm³/mol. The molecule has 1 aromatic heterocycles. The van der Waals surface area contributed by atoms with Gasteiger partial charge in [-0.15, -0.1) is 0 Å². The van der Waals surface area contributed by atoms with Crippen LogP contribution in [0, 0.1) is 0 Å². The first-order valence-corrected chi connectivity index (χ1v) is 6.34. The van der Waals surface area contributed by atoms with Gasteiger partial charge in [0.15, 0.2) is 11.5 Å². The average Bonchev–Trinajstić information content (AvgIpc) is 2.55. The molecule has 6 nitrogen and oxygen atoms in total. The molecule has 0 spiro atoms. The zero-order valence-electron chi connectivity index (χ0n) is 12.1. The molecule has 0 N–H and O–H groups in total. The second-order valence-corrected chi connectivity index (χ2v) is 4.25. The minimum absolute atomic E-state index is 0.295. The van der Waals surface area contributed by atoms with Gasteiger partial charge in [-0.05, 0) is 25.1 Å². The van der Waals surface area contributed by atoms with Crippen molar-refractivity contribution in [2.24, 2.45) is 0 Å². The molecule has 0 saturated carbocycles. The Hall–Kier alpha value is -2.63. The van der Waals surface area contributed by atoms with E-state index in [0.717, 1.165) is 0 Å². The number of carbonyl (C=O) groups excluding carboxylic acids is 1. The van der Waals surface area contributed by atoms with Crippen LogP contribution in [-0.4, -0.2) is 30.2 Å². The molecule has 0 aliphatic heterocycles. The number of carbonyl (C=O) groups is 1. The molecule has 6 heteroatoms. The van der Waals surface area contributed by atoms with Crippen molar-refractivity contribution in [1.29, 1.82) is 0 Å². The van der Waals surface area contributed by atoms with Crippen molar-refractivity contribution in [3.8, 4) is 11.5 Å². The molecular weight excluding hydrogens is 272 g/mol. The van der Waals surface area contributed by atoms with E-state index in [0.29, 0.717) is 22.8 Å². The smallest absolute Gasteiger partial charge is 0.337 e. The van der Waals surface area contributed by atoms with Gasteiger partial charge in [-0.25, -0.2) is 4.79 Å². The molecule has 0 fully saturated rings. The molecule has 0 saturated heterocycles. The van der Waals surface area contributed by atoms with Gasteiger partial charge in [0.1, 0.15) is 6.10 Å². The van der Waals surface area contributed by atoms with Crippen LogP contribution < -0.4 is 9.47 Å². The summed E-state index contributed by atoms with van der Waals surface area (Å²) in [5, 5.41) is 0. The maximum Gasteiger partial charge on any atom is 0.337 e. The van der Waals surface area contributed by atoms with E-state index in [9.17, 15) is 4.79 Å². The molecule has 0 bridgehead atoms. The fraction of sp³-hybridized carbons (Fsp3) is 0.267. The Morgan fingerprint density at radius 3 is 2.62 bits per heavy atom. The maximum absolute atomic E-state index is 11.5. The summed E-state index contributed by atoms with van der Waals surface area (Å²) in [5.74, 6) is 0.541. The number of hydrogen-bond acceptors (Lipinski definition) is 6. The third-order valence-electron chi connectivity index (χ3n) is 2.89. The fourth-order valence-corrected chi connectivity index (χ4v) is 1.78. The van der Waals surface area contributed by atoms with Crippen LogP contribution in [0.25, 0.3) is 0 Å². The summed E-state index contributed by atoms with van der Waals surface area (Å²) in [6.07, 6.45) is 4.55. The maximum atomic E-state index is 11.5. The van der Waals surface area contributed by atoms with Crippen LogP contribution in [0.1, 0.15) is 29.1 Å². The average molecular weight is 288 g/mol. The van der Waals surface area contributed by atoms with Crippen LogP contribution in [0.2, 0.25) is 0 Å². The number of hydrogen-bond donors (Lipinski definition) is 0. The highest BCUT2D eigenvalue weighted by atomic mass is 16.5. The number of benzene rings is 1. The van der Waals surface area contributed by atoms with Gasteiger partial charge >= 0.3 is 5.97 Å². The summed E-state index contributed by atoms with van der Waals surface area (Å²) in [6.45, 7) is 1.86. The Bertz CT molecular complexity index is 616. The topological polar surface area (TPSA) is 70.5 Å². The Kier molecular flexibility index (Phi) is 4.71. The van der Waals surface area contributed by atoms with Crippen LogP contribution in [0.5, 0.6) is 11.5 Å². The lowest BCUT2D eigenvalue weighted by atomic mass is 10.2. The molecule has 2 rings (SSSR count). The summed E-state index contributed by atoms with van der Waals surface area (Å²) >= 11 is 0. The Labute approximate surface area is 122 Å². The molecule has 0 aliphatic rings. The van der Waals surface area contributed by atoms with Crippen LogP contribution in [0.3, 0.4) is 0 Å². The van der Waals surface area contributed by atoms with Gasteiger partial charge in [0.05, 0.1) is 31.7 Å². The van der Waals surface area contributed by atoms with Crippen LogP contribution >= 0.6 is 0 Å². The Morgan fingerprint density at radius 2 is 2.00 bits per heavy atom. The Balaban J connectivity index is 2.22. The zero-order chi connectivity index (χ0) is 15.2. The lowest BCUT2D eigenvalue weighted by Gasteiger charge is -2.16. The third-order valence-corrected chi connectivity index (χ3v) is 2.89. The summed E-state index contributed by atoms with van der Waals surface area (Å²) < 4.78 is 15.7. The van der Waals surface area contributed by atoms with E-state index in [1.165, 1.54) is 14.2 Å². The van der Waals surface area contributed by atoms with Gasteiger partial charge in [0, 0.05) is 12.4 Å². The van der Waals surface area contributed by atoms with Gasteiger partial charge in [0.25, 0.3) is 0 Å². The highest BCUT2D eigenvalue weighted by molar-refractivity contribution is 5.90. The van der Waals surface area contributed by atoms with Gasteiger partial charge in [-0.3, -0.25) is 9.97 Å². The molecular formula is C15H16N2O4. The summed E-state index contributed by atoms with van der Waals surface area (Å²) in [7, 11) is 2.84. The first kappa shape index (κ1) is 14.8. The molecule has 110 valence electrons. The van der Waals surface area contributed by atoms with Crippen LogP contribution in [0.4, 0.5) is 0 Å². The largest absolute Gasteiger partial charge is 0.493 e. The van der Waals surface area contributed by atoms with E-state index < -0.39 is 5.97 Å². The quantitative estimate of drug-likeness (QED) is 0.787. The first-order chi connectivity index (χ1) is 10.2. The minimum Gasteiger partial charge on any atom is -0.493 e. The summed E-state index contributed by atoms with van der Waals surface area (Å²) in [5.41, 5.74) is 1.10. The number of nitrogens with zero attached hydrogens (tertiary/aromatic N) is 2. The molecule has 0 radical (unpaired) electrons. The van der Waals surface area contributed by atoms with Crippen molar-refractivity contribution in [2.75, 3.05) is 14.2 Å². The van der Waals surface area contributed by atoms with Crippen molar-refractivity contribution < 1.29 is 19.0 Å². The standard InChI is InChI=1S/C15H16N2O4/c1-10(12-9-16-6-7-17-12)21-13-5-4-11(15(18)20-3)8-14(13)19-2/h4-10H,1-3H3. The van der Waals surface area contributed by atoms with E-state index in [2.05, 4.69) is 14.7 Å². The lowest BCUT2D eigenvalue weighted by molar-refractivity contribution is 0.0600.